The molecule has 0 saturated carbocycles. The minimum atomic E-state index is -1.03. The SMILES string of the molecule is CCCCC(CC)CNc1cc2c(cc1C)Oc1cc(N3CCCC3)ccc1C21OC(=O)c2ccccc21. The molecule has 0 amide bonds. The van der Waals surface area contributed by atoms with Crippen LogP contribution in [0.4, 0.5) is 11.4 Å². The predicted molar refractivity (Wildman–Crippen MR) is 153 cm³/mol. The van der Waals surface area contributed by atoms with E-state index in [0.29, 0.717) is 11.5 Å². The van der Waals surface area contributed by atoms with Gasteiger partial charge in [-0.05, 0) is 68.0 Å². The molecular weight excluding hydrogens is 472 g/mol. The minimum Gasteiger partial charge on any atom is -0.456 e. The van der Waals surface area contributed by atoms with Gasteiger partial charge in [0.1, 0.15) is 11.5 Å². The van der Waals surface area contributed by atoms with Gasteiger partial charge in [0.15, 0.2) is 5.60 Å². The van der Waals surface area contributed by atoms with E-state index in [9.17, 15) is 4.79 Å². The Hall–Kier alpha value is -3.47. The molecule has 0 bridgehead atoms. The van der Waals surface area contributed by atoms with Crippen LogP contribution in [0.5, 0.6) is 11.5 Å². The summed E-state index contributed by atoms with van der Waals surface area (Å²) >= 11 is 0. The van der Waals surface area contributed by atoms with Crippen LogP contribution in [0, 0.1) is 12.8 Å². The number of unbranched alkanes of at least 4 members (excludes halogenated alkanes) is 1. The van der Waals surface area contributed by atoms with Crippen LogP contribution >= 0.6 is 0 Å². The molecule has 5 heteroatoms. The van der Waals surface area contributed by atoms with Crippen LogP contribution in [0.25, 0.3) is 0 Å². The van der Waals surface area contributed by atoms with Gasteiger partial charge in [-0.15, -0.1) is 0 Å². The topological polar surface area (TPSA) is 50.8 Å². The maximum atomic E-state index is 13.3. The lowest BCUT2D eigenvalue weighted by Gasteiger charge is -2.37. The van der Waals surface area contributed by atoms with Crippen LogP contribution < -0.4 is 15.0 Å². The number of rotatable bonds is 8. The monoisotopic (exact) mass is 510 g/mol. The normalized spacial score (nSPS) is 20.0. The minimum absolute atomic E-state index is 0.288. The van der Waals surface area contributed by atoms with Crippen LogP contribution in [0.3, 0.4) is 0 Å². The summed E-state index contributed by atoms with van der Waals surface area (Å²) in [6.07, 6.45) is 7.28. The van der Waals surface area contributed by atoms with Gasteiger partial charge in [0.05, 0.1) is 5.56 Å². The second-order valence-corrected chi connectivity index (χ2v) is 11.1. The first kappa shape index (κ1) is 24.8. The molecule has 3 aromatic carbocycles. The molecule has 1 fully saturated rings. The highest BCUT2D eigenvalue weighted by atomic mass is 16.6. The van der Waals surface area contributed by atoms with Crippen molar-refractivity contribution in [2.75, 3.05) is 29.9 Å². The van der Waals surface area contributed by atoms with Crippen molar-refractivity contribution in [2.45, 2.75) is 64.9 Å². The number of carbonyl (C=O) groups excluding carboxylic acids is 1. The molecule has 198 valence electrons. The number of nitrogens with zero attached hydrogens (tertiary/aromatic N) is 1. The Morgan fingerprint density at radius 2 is 1.76 bits per heavy atom. The summed E-state index contributed by atoms with van der Waals surface area (Å²) in [5, 5.41) is 3.73. The van der Waals surface area contributed by atoms with Crippen molar-refractivity contribution in [3.05, 3.63) is 82.4 Å². The molecule has 3 aliphatic heterocycles. The summed E-state index contributed by atoms with van der Waals surface area (Å²) in [4.78, 5) is 15.7. The Bertz CT molecular complexity index is 1360. The summed E-state index contributed by atoms with van der Waals surface area (Å²) in [5.41, 5.74) is 5.59. The number of carbonyl (C=O) groups is 1. The number of aryl methyl sites for hydroxylation is 1. The third-order valence-corrected chi connectivity index (χ3v) is 8.64. The fraction of sp³-hybridized carbons (Fsp3) is 0.424. The molecule has 2 unspecified atom stereocenters. The van der Waals surface area contributed by atoms with Crippen molar-refractivity contribution >= 4 is 17.3 Å². The maximum absolute atomic E-state index is 13.3. The van der Waals surface area contributed by atoms with Gasteiger partial charge in [0.25, 0.3) is 0 Å². The third-order valence-electron chi connectivity index (χ3n) is 8.64. The van der Waals surface area contributed by atoms with Gasteiger partial charge in [-0.1, -0.05) is 51.3 Å². The average Bonchev–Trinajstić information content (AvgIpc) is 3.57. The zero-order valence-electron chi connectivity index (χ0n) is 22.8. The van der Waals surface area contributed by atoms with Crippen LogP contribution in [-0.2, 0) is 10.3 Å². The van der Waals surface area contributed by atoms with Crippen LogP contribution in [0.2, 0.25) is 0 Å². The number of hydrogen-bond acceptors (Lipinski definition) is 5. The van der Waals surface area contributed by atoms with Crippen molar-refractivity contribution in [3.8, 4) is 11.5 Å². The van der Waals surface area contributed by atoms with Crippen LogP contribution in [-0.4, -0.2) is 25.6 Å². The molecule has 1 spiro atoms. The number of nitrogens with one attached hydrogen (secondary N) is 1. The molecule has 0 aliphatic carbocycles. The van der Waals surface area contributed by atoms with Gasteiger partial charge in [-0.25, -0.2) is 4.79 Å². The van der Waals surface area contributed by atoms with E-state index in [-0.39, 0.29) is 5.97 Å². The predicted octanol–water partition coefficient (Wildman–Crippen LogP) is 7.79. The average molecular weight is 511 g/mol. The molecule has 1 N–H and O–H groups in total. The summed E-state index contributed by atoms with van der Waals surface area (Å²) < 4.78 is 13.0. The first-order chi connectivity index (χ1) is 18.5. The lowest BCUT2D eigenvalue weighted by Crippen LogP contribution is -2.33. The Morgan fingerprint density at radius 3 is 2.55 bits per heavy atom. The van der Waals surface area contributed by atoms with E-state index in [1.807, 2.05) is 24.3 Å². The second-order valence-electron chi connectivity index (χ2n) is 11.1. The van der Waals surface area contributed by atoms with Crippen LogP contribution in [0.1, 0.15) is 85.0 Å². The van der Waals surface area contributed by atoms with Gasteiger partial charge < -0.3 is 19.7 Å². The number of hydrogen-bond donors (Lipinski definition) is 1. The lowest BCUT2D eigenvalue weighted by molar-refractivity contribution is 0.0224. The van der Waals surface area contributed by atoms with E-state index < -0.39 is 5.60 Å². The zero-order chi connectivity index (χ0) is 26.3. The highest BCUT2D eigenvalue weighted by molar-refractivity contribution is 5.97. The molecular formula is C33H38N2O3. The van der Waals surface area contributed by atoms with E-state index >= 15 is 0 Å². The number of esters is 1. The van der Waals surface area contributed by atoms with Gasteiger partial charge in [-0.2, -0.15) is 0 Å². The Balaban J connectivity index is 1.46. The molecule has 3 heterocycles. The highest BCUT2D eigenvalue weighted by Crippen LogP contribution is 2.57. The Morgan fingerprint density at radius 1 is 0.974 bits per heavy atom. The van der Waals surface area contributed by atoms with Crippen molar-refractivity contribution in [1.29, 1.82) is 0 Å². The number of ether oxygens (including phenoxy) is 2. The molecule has 38 heavy (non-hydrogen) atoms. The zero-order valence-corrected chi connectivity index (χ0v) is 22.8. The van der Waals surface area contributed by atoms with Crippen LogP contribution in [0.15, 0.2) is 54.6 Å². The summed E-state index contributed by atoms with van der Waals surface area (Å²) in [5.74, 6) is 1.85. The lowest BCUT2D eigenvalue weighted by atomic mass is 9.77. The first-order valence-corrected chi connectivity index (χ1v) is 14.3. The van der Waals surface area contributed by atoms with Crippen molar-refractivity contribution in [1.82, 2.24) is 0 Å². The van der Waals surface area contributed by atoms with Gasteiger partial charge in [-0.3, -0.25) is 0 Å². The van der Waals surface area contributed by atoms with Crippen molar-refractivity contribution in [3.63, 3.8) is 0 Å². The fourth-order valence-electron chi connectivity index (χ4n) is 6.37. The van der Waals surface area contributed by atoms with Crippen molar-refractivity contribution < 1.29 is 14.3 Å². The van der Waals surface area contributed by atoms with Gasteiger partial charge in [0, 0.05) is 53.8 Å². The van der Waals surface area contributed by atoms with E-state index in [4.69, 9.17) is 9.47 Å². The van der Waals surface area contributed by atoms with E-state index in [1.54, 1.807) is 0 Å². The summed E-state index contributed by atoms with van der Waals surface area (Å²) in [6.45, 7) is 9.69. The third kappa shape index (κ3) is 4.03. The molecule has 6 rings (SSSR count). The quantitative estimate of drug-likeness (QED) is 0.313. The number of fused-ring (bicyclic) bond motifs is 6. The Kier molecular flexibility index (Phi) is 6.55. The molecule has 3 aromatic rings. The maximum Gasteiger partial charge on any atom is 0.340 e. The molecule has 1 saturated heterocycles. The molecule has 3 aliphatic rings. The summed E-state index contributed by atoms with van der Waals surface area (Å²) in [7, 11) is 0. The second kappa shape index (κ2) is 10.0. The van der Waals surface area contributed by atoms with E-state index in [0.717, 1.165) is 71.2 Å². The molecule has 0 radical (unpaired) electrons. The standard InChI is InChI=1S/C33H38N2O3/c1-4-6-11-23(5-2)21-34-29-20-28-30(18-22(29)3)37-31-19-24(35-16-9-10-17-35)14-15-27(31)33(28)26-13-8-7-12-25(26)32(36)38-33/h7-8,12-15,18-20,23,34H,4-6,9-11,16-17,21H2,1-3H3. The molecule has 2 atom stereocenters. The smallest absolute Gasteiger partial charge is 0.340 e. The largest absolute Gasteiger partial charge is 0.456 e. The molecule has 5 nitrogen and oxygen atoms in total. The van der Waals surface area contributed by atoms with E-state index in [2.05, 4.69) is 61.3 Å². The first-order valence-electron chi connectivity index (χ1n) is 14.3. The fourth-order valence-corrected chi connectivity index (χ4v) is 6.37. The summed E-state index contributed by atoms with van der Waals surface area (Å²) in [6, 6.07) is 18.4. The Labute approximate surface area is 226 Å². The highest BCUT2D eigenvalue weighted by Gasteiger charge is 2.53. The van der Waals surface area contributed by atoms with Crippen molar-refractivity contribution in [2.24, 2.45) is 5.92 Å². The van der Waals surface area contributed by atoms with E-state index in [1.165, 1.54) is 32.1 Å². The molecule has 0 aromatic heterocycles. The van der Waals surface area contributed by atoms with Gasteiger partial charge in [0.2, 0.25) is 0 Å². The number of anilines is 2. The number of benzene rings is 3. The van der Waals surface area contributed by atoms with Gasteiger partial charge >= 0.3 is 5.97 Å².